The SMILES string of the molecule is Cc1onc(-c2cccnc2)c1C(=O)N[C@@H](C)CCc1ccccc1. The fraction of sp³-hybridized carbons (Fsp3) is 0.250. The van der Waals surface area contributed by atoms with Crippen molar-refractivity contribution in [2.24, 2.45) is 0 Å². The smallest absolute Gasteiger partial charge is 0.257 e. The molecule has 0 aliphatic rings. The lowest BCUT2D eigenvalue weighted by molar-refractivity contribution is 0.0937. The van der Waals surface area contributed by atoms with Crippen molar-refractivity contribution in [2.45, 2.75) is 32.7 Å². The molecule has 5 nitrogen and oxygen atoms in total. The second-order valence-corrected chi connectivity index (χ2v) is 6.10. The van der Waals surface area contributed by atoms with Gasteiger partial charge in [-0.25, -0.2) is 0 Å². The average molecular weight is 335 g/mol. The molecule has 1 atom stereocenters. The first-order valence-electron chi connectivity index (χ1n) is 8.36. The Bertz CT molecular complexity index is 829. The summed E-state index contributed by atoms with van der Waals surface area (Å²) in [7, 11) is 0. The number of hydrogen-bond acceptors (Lipinski definition) is 4. The molecule has 0 saturated heterocycles. The first kappa shape index (κ1) is 16.9. The highest BCUT2D eigenvalue weighted by atomic mass is 16.5. The molecule has 0 saturated carbocycles. The quantitative estimate of drug-likeness (QED) is 0.744. The topological polar surface area (TPSA) is 68.0 Å². The molecule has 0 unspecified atom stereocenters. The lowest BCUT2D eigenvalue weighted by atomic mass is 10.0. The Balaban J connectivity index is 1.68. The molecule has 2 heterocycles. The Labute approximate surface area is 147 Å². The Hall–Kier alpha value is -2.95. The molecule has 5 heteroatoms. The van der Waals surface area contributed by atoms with Crippen LogP contribution in [0.15, 0.2) is 59.4 Å². The Morgan fingerprint density at radius 2 is 2.00 bits per heavy atom. The number of nitrogens with zero attached hydrogens (tertiary/aromatic N) is 2. The third kappa shape index (κ3) is 4.12. The highest BCUT2D eigenvalue weighted by molar-refractivity contribution is 6.00. The Morgan fingerprint density at radius 1 is 1.20 bits per heavy atom. The van der Waals surface area contributed by atoms with Crippen LogP contribution < -0.4 is 5.32 Å². The van der Waals surface area contributed by atoms with E-state index in [-0.39, 0.29) is 11.9 Å². The summed E-state index contributed by atoms with van der Waals surface area (Å²) in [5.74, 6) is 0.338. The summed E-state index contributed by atoms with van der Waals surface area (Å²) in [6, 6.07) is 14.0. The van der Waals surface area contributed by atoms with Crippen LogP contribution in [0.25, 0.3) is 11.3 Å². The number of hydrogen-bond donors (Lipinski definition) is 1. The van der Waals surface area contributed by atoms with Crippen LogP contribution >= 0.6 is 0 Å². The van der Waals surface area contributed by atoms with E-state index in [0.29, 0.717) is 17.0 Å². The minimum atomic E-state index is -0.168. The Morgan fingerprint density at radius 3 is 2.72 bits per heavy atom. The number of rotatable bonds is 6. The second kappa shape index (κ2) is 7.75. The number of aryl methyl sites for hydroxylation is 2. The summed E-state index contributed by atoms with van der Waals surface area (Å²) in [5.41, 5.74) is 3.03. The minimum Gasteiger partial charge on any atom is -0.360 e. The van der Waals surface area contributed by atoms with Crippen LogP contribution in [0, 0.1) is 6.92 Å². The van der Waals surface area contributed by atoms with E-state index >= 15 is 0 Å². The molecule has 128 valence electrons. The van der Waals surface area contributed by atoms with Gasteiger partial charge in [0.25, 0.3) is 5.91 Å². The van der Waals surface area contributed by atoms with E-state index in [1.165, 1.54) is 5.56 Å². The number of benzene rings is 1. The van der Waals surface area contributed by atoms with Crippen LogP contribution in [0.5, 0.6) is 0 Å². The normalized spacial score (nSPS) is 11.9. The number of amides is 1. The first-order chi connectivity index (χ1) is 12.1. The number of nitrogens with one attached hydrogen (secondary N) is 1. The van der Waals surface area contributed by atoms with Gasteiger partial charge in [0.05, 0.1) is 0 Å². The largest absolute Gasteiger partial charge is 0.360 e. The predicted molar refractivity (Wildman–Crippen MR) is 96.2 cm³/mol. The molecule has 3 aromatic rings. The van der Waals surface area contributed by atoms with Crippen molar-refractivity contribution in [1.29, 1.82) is 0 Å². The van der Waals surface area contributed by atoms with Crippen molar-refractivity contribution in [2.75, 3.05) is 0 Å². The lowest BCUT2D eigenvalue weighted by Crippen LogP contribution is -2.33. The molecule has 1 N–H and O–H groups in total. The van der Waals surface area contributed by atoms with Crippen LogP contribution in [-0.2, 0) is 6.42 Å². The summed E-state index contributed by atoms with van der Waals surface area (Å²) < 4.78 is 5.24. The molecule has 3 rings (SSSR count). The number of aromatic nitrogens is 2. The zero-order valence-electron chi connectivity index (χ0n) is 14.4. The van der Waals surface area contributed by atoms with Crippen molar-refractivity contribution in [3.8, 4) is 11.3 Å². The number of carbonyl (C=O) groups excluding carboxylic acids is 1. The number of carbonyl (C=O) groups is 1. The maximum Gasteiger partial charge on any atom is 0.257 e. The van der Waals surface area contributed by atoms with Gasteiger partial charge in [-0.3, -0.25) is 9.78 Å². The van der Waals surface area contributed by atoms with Gasteiger partial charge in [-0.1, -0.05) is 35.5 Å². The molecule has 0 aliphatic heterocycles. The molecular weight excluding hydrogens is 314 g/mol. The fourth-order valence-electron chi connectivity index (χ4n) is 2.74. The van der Waals surface area contributed by atoms with Crippen molar-refractivity contribution >= 4 is 5.91 Å². The van der Waals surface area contributed by atoms with Crippen LogP contribution in [0.1, 0.15) is 35.0 Å². The molecular formula is C20H21N3O2. The zero-order valence-corrected chi connectivity index (χ0v) is 14.4. The fourth-order valence-corrected chi connectivity index (χ4v) is 2.74. The predicted octanol–water partition coefficient (Wildman–Crippen LogP) is 3.80. The van der Waals surface area contributed by atoms with Crippen LogP contribution in [0.2, 0.25) is 0 Å². The molecule has 0 radical (unpaired) electrons. The van der Waals surface area contributed by atoms with Crippen LogP contribution in [0.3, 0.4) is 0 Å². The maximum atomic E-state index is 12.7. The van der Waals surface area contributed by atoms with Gasteiger partial charge in [-0.05, 0) is 44.4 Å². The third-order valence-electron chi connectivity index (χ3n) is 4.11. The van der Waals surface area contributed by atoms with Gasteiger partial charge < -0.3 is 9.84 Å². The molecule has 0 spiro atoms. The first-order valence-corrected chi connectivity index (χ1v) is 8.36. The van der Waals surface area contributed by atoms with Crippen molar-refractivity contribution < 1.29 is 9.32 Å². The van der Waals surface area contributed by atoms with E-state index in [2.05, 4.69) is 27.6 Å². The summed E-state index contributed by atoms with van der Waals surface area (Å²) in [4.78, 5) is 16.8. The summed E-state index contributed by atoms with van der Waals surface area (Å²) in [5, 5.41) is 7.08. The van der Waals surface area contributed by atoms with Gasteiger partial charge in [0.15, 0.2) is 0 Å². The highest BCUT2D eigenvalue weighted by Gasteiger charge is 2.22. The molecule has 1 amide bonds. The third-order valence-corrected chi connectivity index (χ3v) is 4.11. The Kier molecular flexibility index (Phi) is 5.23. The van der Waals surface area contributed by atoms with Gasteiger partial charge in [-0.2, -0.15) is 0 Å². The highest BCUT2D eigenvalue weighted by Crippen LogP contribution is 2.24. The molecule has 0 fully saturated rings. The van der Waals surface area contributed by atoms with E-state index in [9.17, 15) is 4.79 Å². The van der Waals surface area contributed by atoms with E-state index in [4.69, 9.17) is 4.52 Å². The summed E-state index contributed by atoms with van der Waals surface area (Å²) in [6.45, 7) is 3.75. The monoisotopic (exact) mass is 335 g/mol. The van der Waals surface area contributed by atoms with Gasteiger partial charge in [0.1, 0.15) is 17.0 Å². The molecule has 0 bridgehead atoms. The second-order valence-electron chi connectivity index (χ2n) is 6.10. The average Bonchev–Trinajstić information content (AvgIpc) is 3.03. The molecule has 25 heavy (non-hydrogen) atoms. The standard InChI is InChI=1S/C20H21N3O2/c1-14(10-11-16-7-4-3-5-8-16)22-20(24)18-15(2)25-23-19(18)17-9-6-12-21-13-17/h3-9,12-14H,10-11H2,1-2H3,(H,22,24)/t14-/m0/s1. The van der Waals surface area contributed by atoms with Crippen LogP contribution in [-0.4, -0.2) is 22.1 Å². The van der Waals surface area contributed by atoms with Crippen LogP contribution in [0.4, 0.5) is 0 Å². The zero-order chi connectivity index (χ0) is 17.6. The van der Waals surface area contributed by atoms with Gasteiger partial charge >= 0.3 is 0 Å². The minimum absolute atomic E-state index is 0.0451. The van der Waals surface area contributed by atoms with Gasteiger partial charge in [0.2, 0.25) is 0 Å². The molecule has 1 aromatic carbocycles. The van der Waals surface area contributed by atoms with E-state index in [1.807, 2.05) is 37.3 Å². The van der Waals surface area contributed by atoms with E-state index < -0.39 is 0 Å². The molecule has 0 aliphatic carbocycles. The summed E-state index contributed by atoms with van der Waals surface area (Å²) >= 11 is 0. The summed E-state index contributed by atoms with van der Waals surface area (Å²) in [6.07, 6.45) is 5.14. The van der Waals surface area contributed by atoms with E-state index in [0.717, 1.165) is 18.4 Å². The van der Waals surface area contributed by atoms with E-state index in [1.54, 1.807) is 19.3 Å². The van der Waals surface area contributed by atoms with Crippen molar-refractivity contribution in [1.82, 2.24) is 15.5 Å². The number of pyridine rings is 1. The maximum absolute atomic E-state index is 12.7. The lowest BCUT2D eigenvalue weighted by Gasteiger charge is -2.14. The van der Waals surface area contributed by atoms with Crippen molar-refractivity contribution in [3.63, 3.8) is 0 Å². The van der Waals surface area contributed by atoms with Gasteiger partial charge in [0, 0.05) is 24.0 Å². The van der Waals surface area contributed by atoms with Crippen molar-refractivity contribution in [3.05, 3.63) is 71.7 Å². The van der Waals surface area contributed by atoms with Gasteiger partial charge in [-0.15, -0.1) is 0 Å². The molecule has 2 aromatic heterocycles.